The average molecular weight is 449 g/mol. The lowest BCUT2D eigenvalue weighted by atomic mass is 10.1. The monoisotopic (exact) mass is 448 g/mol. The number of amides is 1. The van der Waals surface area contributed by atoms with Gasteiger partial charge in [0.15, 0.2) is 0 Å². The Morgan fingerprint density at radius 3 is 2.29 bits per heavy atom. The van der Waals surface area contributed by atoms with Crippen molar-refractivity contribution in [2.75, 3.05) is 5.32 Å². The van der Waals surface area contributed by atoms with Gasteiger partial charge in [-0.1, -0.05) is 54.6 Å². The summed E-state index contributed by atoms with van der Waals surface area (Å²) in [6, 6.07) is 24.9. The number of carbonyl (C=O) groups is 1. The van der Waals surface area contributed by atoms with E-state index in [1.54, 1.807) is 12.4 Å². The Hall–Kier alpha value is -4.45. The summed E-state index contributed by atoms with van der Waals surface area (Å²) in [6.07, 6.45) is 3.53. The minimum atomic E-state index is -0.312. The Bertz CT molecular complexity index is 1500. The lowest BCUT2D eigenvalue weighted by molar-refractivity contribution is 0.102. The highest BCUT2D eigenvalue weighted by molar-refractivity contribution is 6.08. The summed E-state index contributed by atoms with van der Waals surface area (Å²) in [7, 11) is 0. The third-order valence-electron chi connectivity index (χ3n) is 5.94. The van der Waals surface area contributed by atoms with Crippen molar-refractivity contribution in [3.8, 4) is 16.9 Å². The predicted molar refractivity (Wildman–Crippen MR) is 134 cm³/mol. The van der Waals surface area contributed by atoms with Crippen LogP contribution in [0.2, 0.25) is 0 Å². The zero-order chi connectivity index (χ0) is 23.7. The summed E-state index contributed by atoms with van der Waals surface area (Å²) in [4.78, 5) is 26.7. The SMILES string of the molecule is Cc1ccc(NC(=O)c2cn(Cc3ccccc3)cc3c(=O)n(-c4ccccc4)nc2-3)cc1C. The predicted octanol–water partition coefficient (Wildman–Crippen LogP) is 5.06. The van der Waals surface area contributed by atoms with E-state index in [1.165, 1.54) is 4.68 Å². The van der Waals surface area contributed by atoms with Crippen LogP contribution >= 0.6 is 0 Å². The maximum absolute atomic E-state index is 13.4. The van der Waals surface area contributed by atoms with Crippen molar-refractivity contribution in [2.24, 2.45) is 0 Å². The number of nitrogens with zero attached hydrogens (tertiary/aromatic N) is 3. The van der Waals surface area contributed by atoms with Gasteiger partial charge < -0.3 is 9.88 Å². The Labute approximate surface area is 197 Å². The highest BCUT2D eigenvalue weighted by Gasteiger charge is 2.24. The zero-order valence-electron chi connectivity index (χ0n) is 19.0. The van der Waals surface area contributed by atoms with Crippen LogP contribution in [0.4, 0.5) is 5.69 Å². The van der Waals surface area contributed by atoms with Crippen molar-refractivity contribution in [1.82, 2.24) is 14.3 Å². The number of para-hydroxylation sites is 1. The molecule has 6 heteroatoms. The Kier molecular flexibility index (Phi) is 5.55. The Balaban J connectivity index is 1.62. The molecular weight excluding hydrogens is 424 g/mol. The number of pyridine rings is 1. The van der Waals surface area contributed by atoms with Gasteiger partial charge in [-0.15, -0.1) is 0 Å². The fraction of sp³-hybridized carbons (Fsp3) is 0.107. The molecule has 3 aromatic carbocycles. The quantitative estimate of drug-likeness (QED) is 0.409. The van der Waals surface area contributed by atoms with Crippen molar-refractivity contribution in [1.29, 1.82) is 0 Å². The topological polar surface area (TPSA) is 68.9 Å². The fourth-order valence-corrected chi connectivity index (χ4v) is 3.97. The highest BCUT2D eigenvalue weighted by atomic mass is 16.2. The number of fused-ring (bicyclic) bond motifs is 1. The molecule has 0 saturated heterocycles. The summed E-state index contributed by atoms with van der Waals surface area (Å²) in [6.45, 7) is 4.56. The largest absolute Gasteiger partial charge is 0.348 e. The number of aryl methyl sites for hydroxylation is 2. The maximum Gasteiger partial charge on any atom is 0.282 e. The number of anilines is 1. The standard InChI is InChI=1S/C28H24N4O2/c1-19-13-14-22(15-20(19)2)29-27(33)24-17-31(16-21-9-5-3-6-10-21)18-25-26(24)30-32(28(25)34)23-11-7-4-8-12-23/h3-15,17-18H,16H2,1-2H3,(H,29,33). The van der Waals surface area contributed by atoms with Crippen LogP contribution in [0, 0.1) is 13.8 Å². The molecule has 0 aliphatic carbocycles. The third kappa shape index (κ3) is 4.13. The van der Waals surface area contributed by atoms with Crippen molar-refractivity contribution in [2.45, 2.75) is 20.4 Å². The molecule has 0 saturated carbocycles. The molecule has 0 atom stereocenters. The van der Waals surface area contributed by atoms with Gasteiger partial charge in [0.1, 0.15) is 5.69 Å². The molecule has 6 nitrogen and oxygen atoms in total. The molecule has 3 aromatic rings. The summed E-state index contributed by atoms with van der Waals surface area (Å²) in [5, 5.41) is 7.53. The van der Waals surface area contributed by atoms with E-state index in [2.05, 4.69) is 10.4 Å². The summed E-state index contributed by atoms with van der Waals surface area (Å²) < 4.78 is 3.22. The number of carbonyl (C=O) groups excluding carboxylic acids is 1. The lowest BCUT2D eigenvalue weighted by Gasteiger charge is -2.13. The molecule has 0 spiro atoms. The molecule has 0 aromatic heterocycles. The van der Waals surface area contributed by atoms with Crippen LogP contribution in [0.15, 0.2) is 96.1 Å². The summed E-state index contributed by atoms with van der Waals surface area (Å²) >= 11 is 0. The number of nitrogens with one attached hydrogen (secondary N) is 1. The molecular formula is C28H24N4O2. The average Bonchev–Trinajstić information content (AvgIpc) is 3.18. The van der Waals surface area contributed by atoms with Crippen molar-refractivity contribution >= 4 is 11.6 Å². The number of aromatic nitrogens is 3. The van der Waals surface area contributed by atoms with Gasteiger partial charge in [0.05, 0.1) is 16.8 Å². The lowest BCUT2D eigenvalue weighted by Crippen LogP contribution is -2.18. The minimum Gasteiger partial charge on any atom is -0.348 e. The first-order valence-corrected chi connectivity index (χ1v) is 11.1. The van der Waals surface area contributed by atoms with Gasteiger partial charge in [-0.25, -0.2) is 0 Å². The van der Waals surface area contributed by atoms with Crippen molar-refractivity contribution < 1.29 is 4.79 Å². The van der Waals surface area contributed by atoms with Gasteiger partial charge in [0.2, 0.25) is 0 Å². The van der Waals surface area contributed by atoms with Crippen LogP contribution in [-0.4, -0.2) is 20.3 Å². The van der Waals surface area contributed by atoms with E-state index in [4.69, 9.17) is 0 Å². The number of hydrogen-bond donors (Lipinski definition) is 1. The summed E-state index contributed by atoms with van der Waals surface area (Å²) in [5.74, 6) is -0.312. The fourth-order valence-electron chi connectivity index (χ4n) is 3.97. The molecule has 34 heavy (non-hydrogen) atoms. The van der Waals surface area contributed by atoms with Crippen LogP contribution in [0.3, 0.4) is 0 Å². The maximum atomic E-state index is 13.4. The highest BCUT2D eigenvalue weighted by Crippen LogP contribution is 2.24. The van der Waals surface area contributed by atoms with Gasteiger partial charge in [0.25, 0.3) is 11.5 Å². The van der Waals surface area contributed by atoms with Crippen molar-refractivity contribution in [3.05, 3.63) is 124 Å². The normalized spacial score (nSPS) is 11.0. The molecule has 2 aliphatic heterocycles. The van der Waals surface area contributed by atoms with E-state index >= 15 is 0 Å². The van der Waals surface area contributed by atoms with Gasteiger partial charge in [0, 0.05) is 24.6 Å². The van der Waals surface area contributed by atoms with Gasteiger partial charge >= 0.3 is 0 Å². The first-order chi connectivity index (χ1) is 16.5. The molecule has 2 aliphatic rings. The van der Waals surface area contributed by atoms with Gasteiger partial charge in [-0.3, -0.25) is 9.59 Å². The second-order valence-corrected chi connectivity index (χ2v) is 8.40. The minimum absolute atomic E-state index is 0.260. The van der Waals surface area contributed by atoms with Crippen LogP contribution in [0.25, 0.3) is 16.9 Å². The second-order valence-electron chi connectivity index (χ2n) is 8.40. The van der Waals surface area contributed by atoms with Crippen LogP contribution in [0.1, 0.15) is 27.0 Å². The van der Waals surface area contributed by atoms with Crippen LogP contribution < -0.4 is 10.9 Å². The number of hydrogen-bond acceptors (Lipinski definition) is 3. The molecule has 1 N–H and O–H groups in total. The third-order valence-corrected chi connectivity index (χ3v) is 5.94. The van der Waals surface area contributed by atoms with E-state index in [1.807, 2.05) is 97.3 Å². The molecule has 0 radical (unpaired) electrons. The first-order valence-electron chi connectivity index (χ1n) is 11.1. The second kappa shape index (κ2) is 8.83. The molecule has 0 fully saturated rings. The van der Waals surface area contributed by atoms with Gasteiger partial charge in [-0.2, -0.15) is 9.78 Å². The van der Waals surface area contributed by atoms with Crippen molar-refractivity contribution in [3.63, 3.8) is 0 Å². The zero-order valence-corrected chi connectivity index (χ0v) is 19.0. The van der Waals surface area contributed by atoms with Gasteiger partial charge in [-0.05, 0) is 54.8 Å². The molecule has 168 valence electrons. The molecule has 5 rings (SSSR count). The van der Waals surface area contributed by atoms with Crippen LogP contribution in [0.5, 0.6) is 0 Å². The molecule has 0 unspecified atom stereocenters. The Morgan fingerprint density at radius 1 is 0.882 bits per heavy atom. The van der Waals surface area contributed by atoms with Crippen LogP contribution in [-0.2, 0) is 6.54 Å². The number of benzene rings is 3. The Morgan fingerprint density at radius 2 is 1.59 bits per heavy atom. The number of rotatable bonds is 5. The summed E-state index contributed by atoms with van der Waals surface area (Å²) in [5.41, 5.74) is 5.51. The molecule has 2 heterocycles. The van der Waals surface area contributed by atoms with E-state index in [0.717, 1.165) is 16.7 Å². The van der Waals surface area contributed by atoms with E-state index < -0.39 is 0 Å². The molecule has 0 bridgehead atoms. The van der Waals surface area contributed by atoms with E-state index in [0.29, 0.717) is 34.7 Å². The van der Waals surface area contributed by atoms with E-state index in [9.17, 15) is 9.59 Å². The smallest absolute Gasteiger partial charge is 0.282 e. The van der Waals surface area contributed by atoms with E-state index in [-0.39, 0.29) is 11.5 Å². The molecule has 1 amide bonds. The first kappa shape index (κ1) is 21.4.